The number of esters is 1. The average molecular weight is 308 g/mol. The first-order valence-corrected chi connectivity index (χ1v) is 8.60. The van der Waals surface area contributed by atoms with Gasteiger partial charge >= 0.3 is 5.97 Å². The zero-order chi connectivity index (χ0) is 16.5. The summed E-state index contributed by atoms with van der Waals surface area (Å²) < 4.78 is 4.59. The van der Waals surface area contributed by atoms with Crippen LogP contribution in [-0.4, -0.2) is 24.3 Å². The smallest absolute Gasteiger partial charge is 0.305 e. The zero-order valence-electron chi connectivity index (χ0n) is 14.3. The van der Waals surface area contributed by atoms with Crippen molar-refractivity contribution in [1.29, 1.82) is 0 Å². The maximum Gasteiger partial charge on any atom is 0.305 e. The highest BCUT2D eigenvalue weighted by Gasteiger charge is 2.00. The first kappa shape index (κ1) is 20.7. The summed E-state index contributed by atoms with van der Waals surface area (Å²) in [5, 5.41) is 9.78. The number of allylic oxidation sites excluding steroid dienone is 1. The van der Waals surface area contributed by atoms with Crippen molar-refractivity contribution in [2.75, 3.05) is 7.11 Å². The molecule has 3 nitrogen and oxygen atoms in total. The summed E-state index contributed by atoms with van der Waals surface area (Å²) in [6, 6.07) is 0. The second-order valence-corrected chi connectivity index (χ2v) is 5.59. The maximum absolute atomic E-state index is 10.9. The van der Waals surface area contributed by atoms with Crippen molar-refractivity contribution in [3.05, 3.63) is 12.2 Å². The molecule has 0 aliphatic heterocycles. The molecule has 126 valence electrons. The van der Waals surface area contributed by atoms with Crippen molar-refractivity contribution in [2.45, 2.75) is 83.7 Å². The van der Waals surface area contributed by atoms with E-state index in [4.69, 9.17) is 0 Å². The second-order valence-electron chi connectivity index (χ2n) is 5.59. The molecular formula is C19H32O3. The number of carbonyl (C=O) groups excluding carboxylic acids is 1. The van der Waals surface area contributed by atoms with Gasteiger partial charge in [0.2, 0.25) is 0 Å². The summed E-state index contributed by atoms with van der Waals surface area (Å²) in [5.74, 6) is 5.94. The molecule has 0 saturated heterocycles. The molecule has 22 heavy (non-hydrogen) atoms. The van der Waals surface area contributed by atoms with Gasteiger partial charge in [0.1, 0.15) is 0 Å². The van der Waals surface area contributed by atoms with Gasteiger partial charge in [0.25, 0.3) is 0 Å². The lowest BCUT2D eigenvalue weighted by atomic mass is 10.1. The largest absolute Gasteiger partial charge is 0.469 e. The molecule has 0 rings (SSSR count). The molecule has 1 N–H and O–H groups in total. The fourth-order valence-corrected chi connectivity index (χ4v) is 2.11. The minimum atomic E-state index is -0.389. The van der Waals surface area contributed by atoms with Crippen molar-refractivity contribution in [3.63, 3.8) is 0 Å². The fourth-order valence-electron chi connectivity index (χ4n) is 2.11. The Morgan fingerprint density at radius 3 is 2.59 bits per heavy atom. The van der Waals surface area contributed by atoms with E-state index in [1.165, 1.54) is 20.0 Å². The lowest BCUT2D eigenvalue weighted by molar-refractivity contribution is -0.140. The summed E-state index contributed by atoms with van der Waals surface area (Å²) in [7, 11) is 1.42. The molecule has 0 aliphatic carbocycles. The van der Waals surface area contributed by atoms with Gasteiger partial charge in [-0.05, 0) is 31.4 Å². The van der Waals surface area contributed by atoms with Gasteiger partial charge in [0.15, 0.2) is 0 Å². The maximum atomic E-state index is 10.9. The van der Waals surface area contributed by atoms with Gasteiger partial charge in [-0.1, -0.05) is 57.3 Å². The molecule has 0 heterocycles. The van der Waals surface area contributed by atoms with Crippen LogP contribution in [0, 0.1) is 11.8 Å². The first-order valence-electron chi connectivity index (χ1n) is 8.60. The normalized spacial score (nSPS) is 12.0. The molecule has 0 amide bonds. The van der Waals surface area contributed by atoms with Crippen LogP contribution in [0.4, 0.5) is 0 Å². The standard InChI is InChI=1S/C19H32O3/c1-3-4-5-6-7-9-12-15-18(20)16-13-10-8-11-14-17-19(21)22-2/h12,15,18,20H,3-6,8,10-11,13-14,16-17H2,1-2H3/b15-12+/t18-/m0/s1. The summed E-state index contributed by atoms with van der Waals surface area (Å²) in [4.78, 5) is 10.9. The molecule has 0 aromatic heterocycles. The Labute approximate surface area is 136 Å². The number of hydrogen-bond acceptors (Lipinski definition) is 3. The van der Waals surface area contributed by atoms with Gasteiger partial charge < -0.3 is 9.84 Å². The molecule has 3 heteroatoms. The van der Waals surface area contributed by atoms with Gasteiger partial charge in [-0.15, -0.1) is 0 Å². The highest BCUT2D eigenvalue weighted by molar-refractivity contribution is 5.68. The topological polar surface area (TPSA) is 46.5 Å². The summed E-state index contributed by atoms with van der Waals surface area (Å²) in [6.07, 6.45) is 14.2. The molecule has 0 radical (unpaired) electrons. The number of unbranched alkanes of at least 4 members (excludes halogenated alkanes) is 7. The number of hydrogen-bond donors (Lipinski definition) is 1. The van der Waals surface area contributed by atoms with E-state index in [-0.39, 0.29) is 12.1 Å². The van der Waals surface area contributed by atoms with Gasteiger partial charge in [-0.3, -0.25) is 4.79 Å². The fraction of sp³-hybridized carbons (Fsp3) is 0.737. The Kier molecular flexibility index (Phi) is 15.2. The predicted molar refractivity (Wildman–Crippen MR) is 91.4 cm³/mol. The van der Waals surface area contributed by atoms with Crippen LogP contribution in [-0.2, 0) is 9.53 Å². The number of carbonyl (C=O) groups is 1. The van der Waals surface area contributed by atoms with Crippen molar-refractivity contribution in [2.24, 2.45) is 0 Å². The molecule has 1 atom stereocenters. The molecule has 0 saturated carbocycles. The monoisotopic (exact) mass is 308 g/mol. The Hall–Kier alpha value is -1.27. The first-order chi connectivity index (χ1) is 10.7. The van der Waals surface area contributed by atoms with Crippen molar-refractivity contribution >= 4 is 5.97 Å². The van der Waals surface area contributed by atoms with Crippen LogP contribution in [0.1, 0.15) is 77.6 Å². The Balaban J connectivity index is 3.45. The predicted octanol–water partition coefficient (Wildman–Crippen LogP) is 4.39. The van der Waals surface area contributed by atoms with Crippen LogP contribution < -0.4 is 0 Å². The van der Waals surface area contributed by atoms with Crippen molar-refractivity contribution in [3.8, 4) is 11.8 Å². The number of ether oxygens (including phenoxy) is 1. The van der Waals surface area contributed by atoms with E-state index >= 15 is 0 Å². The Morgan fingerprint density at radius 1 is 1.14 bits per heavy atom. The molecular weight excluding hydrogens is 276 g/mol. The van der Waals surface area contributed by atoms with Gasteiger partial charge in [-0.25, -0.2) is 0 Å². The third kappa shape index (κ3) is 15.1. The van der Waals surface area contributed by atoms with E-state index in [1.54, 1.807) is 12.2 Å². The van der Waals surface area contributed by atoms with Gasteiger partial charge in [0.05, 0.1) is 13.2 Å². The number of aliphatic hydroxyl groups is 1. The molecule has 0 fully saturated rings. The molecule has 0 spiro atoms. The molecule has 0 aliphatic rings. The van der Waals surface area contributed by atoms with Gasteiger partial charge in [-0.2, -0.15) is 0 Å². The third-order valence-electron chi connectivity index (χ3n) is 3.52. The van der Waals surface area contributed by atoms with E-state index in [2.05, 4.69) is 23.5 Å². The van der Waals surface area contributed by atoms with Crippen LogP contribution in [0.15, 0.2) is 12.2 Å². The molecule has 0 unspecified atom stereocenters. The average Bonchev–Trinajstić information content (AvgIpc) is 2.52. The van der Waals surface area contributed by atoms with Crippen LogP contribution in [0.2, 0.25) is 0 Å². The molecule has 0 aromatic carbocycles. The van der Waals surface area contributed by atoms with Crippen molar-refractivity contribution < 1.29 is 14.6 Å². The van der Waals surface area contributed by atoms with E-state index in [0.717, 1.165) is 51.4 Å². The third-order valence-corrected chi connectivity index (χ3v) is 3.52. The van der Waals surface area contributed by atoms with E-state index < -0.39 is 0 Å². The Bertz CT molecular complexity index is 349. The van der Waals surface area contributed by atoms with Crippen LogP contribution in [0.25, 0.3) is 0 Å². The highest BCUT2D eigenvalue weighted by Crippen LogP contribution is 2.09. The van der Waals surface area contributed by atoms with Crippen molar-refractivity contribution in [1.82, 2.24) is 0 Å². The summed E-state index contributed by atoms with van der Waals surface area (Å²) in [5.41, 5.74) is 0. The number of aliphatic hydroxyl groups excluding tert-OH is 1. The number of rotatable bonds is 12. The minimum Gasteiger partial charge on any atom is -0.469 e. The molecule has 0 bridgehead atoms. The van der Waals surface area contributed by atoms with E-state index in [1.807, 2.05) is 0 Å². The lowest BCUT2D eigenvalue weighted by Gasteiger charge is -2.04. The van der Waals surface area contributed by atoms with E-state index in [0.29, 0.717) is 6.42 Å². The lowest BCUT2D eigenvalue weighted by Crippen LogP contribution is -2.01. The number of methoxy groups -OCH3 is 1. The molecule has 0 aromatic rings. The minimum absolute atomic E-state index is 0.128. The van der Waals surface area contributed by atoms with Crippen LogP contribution in [0.3, 0.4) is 0 Å². The van der Waals surface area contributed by atoms with Gasteiger partial charge in [0, 0.05) is 12.8 Å². The Morgan fingerprint density at radius 2 is 1.86 bits per heavy atom. The zero-order valence-corrected chi connectivity index (χ0v) is 14.3. The highest BCUT2D eigenvalue weighted by atomic mass is 16.5. The van der Waals surface area contributed by atoms with E-state index in [9.17, 15) is 9.90 Å². The SMILES string of the molecule is CCCCCC#C/C=C/[C@H](O)CCCCCCCC(=O)OC. The second kappa shape index (κ2) is 16.1. The summed E-state index contributed by atoms with van der Waals surface area (Å²) in [6.45, 7) is 2.18. The quantitative estimate of drug-likeness (QED) is 0.330. The summed E-state index contributed by atoms with van der Waals surface area (Å²) >= 11 is 0. The van der Waals surface area contributed by atoms with Crippen LogP contribution in [0.5, 0.6) is 0 Å². The van der Waals surface area contributed by atoms with Crippen LogP contribution >= 0.6 is 0 Å².